The van der Waals surface area contributed by atoms with E-state index >= 15 is 0 Å². The Balaban J connectivity index is 1.89. The van der Waals surface area contributed by atoms with Crippen molar-refractivity contribution >= 4 is 27.5 Å². The highest BCUT2D eigenvalue weighted by Gasteiger charge is 2.10. The molecule has 0 N–H and O–H groups in total. The lowest BCUT2D eigenvalue weighted by Crippen LogP contribution is -2.16. The Bertz CT molecular complexity index is 1020. The zero-order valence-corrected chi connectivity index (χ0v) is 18.1. The fourth-order valence-electron chi connectivity index (χ4n) is 3.01. The summed E-state index contributed by atoms with van der Waals surface area (Å²) >= 11 is 1.51. The van der Waals surface area contributed by atoms with E-state index in [0.717, 1.165) is 47.5 Å². The number of unbranched alkanes of at least 4 members (excludes halogenated alkanes) is 1. The van der Waals surface area contributed by atoms with Crippen LogP contribution in [-0.2, 0) is 6.54 Å². The first kappa shape index (κ1) is 21.1. The van der Waals surface area contributed by atoms with Crippen LogP contribution in [0.2, 0.25) is 0 Å². The van der Waals surface area contributed by atoms with Crippen LogP contribution >= 0.6 is 11.3 Å². The number of benzene rings is 2. The standard InChI is InChI=1S/C23H28N2O3S/c1-4-7-15-28-18-10-8-17(9-11-18)22(26)24-23-25(14-5-2)20-13-12-19(27-6-3)16-21(20)29-23/h8-13,16H,4-7,14-15H2,1-3H3. The number of aromatic nitrogens is 1. The van der Waals surface area contributed by atoms with Crippen LogP contribution in [0.25, 0.3) is 10.2 Å². The van der Waals surface area contributed by atoms with Gasteiger partial charge in [0.05, 0.1) is 23.4 Å². The van der Waals surface area contributed by atoms with E-state index in [9.17, 15) is 4.79 Å². The molecule has 0 fully saturated rings. The molecule has 0 saturated carbocycles. The second-order valence-electron chi connectivity index (χ2n) is 6.74. The van der Waals surface area contributed by atoms with Gasteiger partial charge >= 0.3 is 0 Å². The average molecular weight is 413 g/mol. The van der Waals surface area contributed by atoms with Crippen LogP contribution in [0.1, 0.15) is 50.4 Å². The fourth-order valence-corrected chi connectivity index (χ4v) is 4.10. The van der Waals surface area contributed by atoms with E-state index in [1.54, 1.807) is 12.1 Å². The second-order valence-corrected chi connectivity index (χ2v) is 7.75. The van der Waals surface area contributed by atoms with Crippen molar-refractivity contribution in [1.82, 2.24) is 4.57 Å². The van der Waals surface area contributed by atoms with E-state index in [2.05, 4.69) is 23.4 Å². The van der Waals surface area contributed by atoms with Gasteiger partial charge in [0.25, 0.3) is 5.91 Å². The van der Waals surface area contributed by atoms with E-state index in [1.165, 1.54) is 11.3 Å². The molecule has 0 aliphatic heterocycles. The highest BCUT2D eigenvalue weighted by molar-refractivity contribution is 7.16. The van der Waals surface area contributed by atoms with Gasteiger partial charge in [0, 0.05) is 12.1 Å². The molecule has 5 nitrogen and oxygen atoms in total. The van der Waals surface area contributed by atoms with Crippen molar-refractivity contribution < 1.29 is 14.3 Å². The van der Waals surface area contributed by atoms with E-state index in [1.807, 2.05) is 37.3 Å². The number of carbonyl (C=O) groups is 1. The van der Waals surface area contributed by atoms with Crippen molar-refractivity contribution in [3.05, 3.63) is 52.8 Å². The fraction of sp³-hybridized carbons (Fsp3) is 0.391. The number of carbonyl (C=O) groups excluding carboxylic acids is 1. The van der Waals surface area contributed by atoms with Crippen LogP contribution < -0.4 is 14.3 Å². The number of amides is 1. The largest absolute Gasteiger partial charge is 0.494 e. The first-order valence-electron chi connectivity index (χ1n) is 10.2. The van der Waals surface area contributed by atoms with Gasteiger partial charge < -0.3 is 14.0 Å². The molecule has 0 aliphatic carbocycles. The molecule has 0 saturated heterocycles. The van der Waals surface area contributed by atoms with Gasteiger partial charge in [-0.05, 0) is 62.2 Å². The Morgan fingerprint density at radius 2 is 1.76 bits per heavy atom. The predicted molar refractivity (Wildman–Crippen MR) is 118 cm³/mol. The quantitative estimate of drug-likeness (QED) is 0.440. The van der Waals surface area contributed by atoms with Crippen molar-refractivity contribution in [3.63, 3.8) is 0 Å². The minimum Gasteiger partial charge on any atom is -0.494 e. The lowest BCUT2D eigenvalue weighted by atomic mass is 10.2. The zero-order valence-electron chi connectivity index (χ0n) is 17.3. The third-order valence-electron chi connectivity index (χ3n) is 4.48. The van der Waals surface area contributed by atoms with Gasteiger partial charge in [0.2, 0.25) is 0 Å². The van der Waals surface area contributed by atoms with Gasteiger partial charge in [-0.2, -0.15) is 4.99 Å². The van der Waals surface area contributed by atoms with Gasteiger partial charge in [0.15, 0.2) is 4.80 Å². The number of hydrogen-bond acceptors (Lipinski definition) is 4. The Labute approximate surface area is 175 Å². The van der Waals surface area contributed by atoms with E-state index < -0.39 is 0 Å². The molecule has 0 atom stereocenters. The maximum absolute atomic E-state index is 12.7. The third kappa shape index (κ3) is 5.26. The average Bonchev–Trinajstić information content (AvgIpc) is 3.05. The first-order chi connectivity index (χ1) is 14.2. The predicted octanol–water partition coefficient (Wildman–Crippen LogP) is 5.43. The summed E-state index contributed by atoms with van der Waals surface area (Å²) in [5.41, 5.74) is 1.63. The normalized spacial score (nSPS) is 11.8. The summed E-state index contributed by atoms with van der Waals surface area (Å²) in [6.45, 7) is 8.34. The summed E-state index contributed by atoms with van der Waals surface area (Å²) in [5.74, 6) is 1.37. The second kappa shape index (κ2) is 10.3. The van der Waals surface area contributed by atoms with Crippen molar-refractivity contribution in [1.29, 1.82) is 0 Å². The Hall–Kier alpha value is -2.60. The molecular formula is C23H28N2O3S. The van der Waals surface area contributed by atoms with Gasteiger partial charge in [-0.3, -0.25) is 4.79 Å². The van der Waals surface area contributed by atoms with Crippen molar-refractivity contribution in [3.8, 4) is 11.5 Å². The highest BCUT2D eigenvalue weighted by Crippen LogP contribution is 2.24. The Morgan fingerprint density at radius 1 is 1.00 bits per heavy atom. The molecule has 1 heterocycles. The molecule has 0 aliphatic rings. The van der Waals surface area contributed by atoms with Gasteiger partial charge in [-0.15, -0.1) is 0 Å². The summed E-state index contributed by atoms with van der Waals surface area (Å²) < 4.78 is 14.4. The van der Waals surface area contributed by atoms with E-state index in [-0.39, 0.29) is 5.91 Å². The highest BCUT2D eigenvalue weighted by atomic mass is 32.1. The van der Waals surface area contributed by atoms with Crippen molar-refractivity contribution in [2.24, 2.45) is 4.99 Å². The summed E-state index contributed by atoms with van der Waals surface area (Å²) in [6, 6.07) is 13.2. The molecule has 2 aromatic carbocycles. The van der Waals surface area contributed by atoms with Crippen LogP contribution in [-0.4, -0.2) is 23.7 Å². The summed E-state index contributed by atoms with van der Waals surface area (Å²) in [6.07, 6.45) is 3.07. The van der Waals surface area contributed by atoms with Gasteiger partial charge in [0.1, 0.15) is 11.5 Å². The SMILES string of the molecule is CCCCOc1ccc(C(=O)N=c2sc3cc(OCC)ccc3n2CCC)cc1. The van der Waals surface area contributed by atoms with E-state index in [0.29, 0.717) is 23.6 Å². The number of ether oxygens (including phenoxy) is 2. The molecule has 3 aromatic rings. The molecule has 29 heavy (non-hydrogen) atoms. The topological polar surface area (TPSA) is 52.8 Å². The zero-order chi connectivity index (χ0) is 20.6. The van der Waals surface area contributed by atoms with Crippen molar-refractivity contribution in [2.45, 2.75) is 46.6 Å². The molecule has 0 spiro atoms. The van der Waals surface area contributed by atoms with Crippen LogP contribution in [0, 0.1) is 0 Å². The molecule has 154 valence electrons. The summed E-state index contributed by atoms with van der Waals surface area (Å²) in [5, 5.41) is 0. The lowest BCUT2D eigenvalue weighted by Gasteiger charge is -2.05. The molecule has 0 bridgehead atoms. The van der Waals surface area contributed by atoms with Crippen LogP contribution in [0.5, 0.6) is 11.5 Å². The molecule has 1 aromatic heterocycles. The third-order valence-corrected chi connectivity index (χ3v) is 5.52. The van der Waals surface area contributed by atoms with Crippen LogP contribution in [0.15, 0.2) is 47.5 Å². The minimum atomic E-state index is -0.244. The smallest absolute Gasteiger partial charge is 0.279 e. The molecule has 0 radical (unpaired) electrons. The number of aryl methyl sites for hydroxylation is 1. The van der Waals surface area contributed by atoms with Gasteiger partial charge in [-0.25, -0.2) is 0 Å². The lowest BCUT2D eigenvalue weighted by molar-refractivity contribution is 0.0997. The molecule has 0 unspecified atom stereocenters. The summed E-state index contributed by atoms with van der Waals surface area (Å²) in [4.78, 5) is 17.9. The number of fused-ring (bicyclic) bond motifs is 1. The summed E-state index contributed by atoms with van der Waals surface area (Å²) in [7, 11) is 0. The number of rotatable bonds is 9. The van der Waals surface area contributed by atoms with Gasteiger partial charge in [-0.1, -0.05) is 31.6 Å². The number of nitrogens with zero attached hydrogens (tertiary/aromatic N) is 2. The molecule has 1 amide bonds. The Kier molecular flexibility index (Phi) is 7.47. The molecule has 6 heteroatoms. The molecular weight excluding hydrogens is 384 g/mol. The van der Waals surface area contributed by atoms with Crippen molar-refractivity contribution in [2.75, 3.05) is 13.2 Å². The van der Waals surface area contributed by atoms with Crippen LogP contribution in [0.4, 0.5) is 0 Å². The maximum atomic E-state index is 12.7. The number of thiazole rings is 1. The van der Waals surface area contributed by atoms with E-state index in [4.69, 9.17) is 9.47 Å². The van der Waals surface area contributed by atoms with Crippen LogP contribution in [0.3, 0.4) is 0 Å². The first-order valence-corrected chi connectivity index (χ1v) is 11.1. The maximum Gasteiger partial charge on any atom is 0.279 e. The molecule has 3 rings (SSSR count). The minimum absolute atomic E-state index is 0.244. The number of hydrogen-bond donors (Lipinski definition) is 0. The Morgan fingerprint density at radius 3 is 2.45 bits per heavy atom. The monoisotopic (exact) mass is 412 g/mol.